The Labute approximate surface area is 245 Å². The normalized spacial score (nSPS) is 18.0. The van der Waals surface area contributed by atoms with Crippen LogP contribution < -0.4 is 14.5 Å². The number of ether oxygens (including phenoxy) is 1. The van der Waals surface area contributed by atoms with Gasteiger partial charge in [0, 0.05) is 61.3 Å². The summed E-state index contributed by atoms with van der Waals surface area (Å²) >= 11 is 6.67. The number of benzene rings is 2. The van der Waals surface area contributed by atoms with E-state index in [9.17, 15) is 9.18 Å². The molecule has 0 radical (unpaired) electrons. The highest BCUT2D eigenvalue weighted by Gasteiger charge is 2.44. The number of rotatable bonds is 8. The molecule has 216 valence electrons. The van der Waals surface area contributed by atoms with E-state index in [-0.39, 0.29) is 5.41 Å². The molecular formula is C31H36ClFN6O2. The predicted molar refractivity (Wildman–Crippen MR) is 161 cm³/mol. The third-order valence-electron chi connectivity index (χ3n) is 8.41. The molecule has 1 aliphatic carbocycles. The Balaban J connectivity index is 1.30. The number of anilines is 2. The van der Waals surface area contributed by atoms with Crippen LogP contribution in [0.15, 0.2) is 48.8 Å². The van der Waals surface area contributed by atoms with E-state index in [0.29, 0.717) is 45.3 Å². The van der Waals surface area contributed by atoms with E-state index in [4.69, 9.17) is 26.3 Å². The van der Waals surface area contributed by atoms with Gasteiger partial charge in [0.2, 0.25) is 0 Å². The van der Waals surface area contributed by atoms with Gasteiger partial charge in [-0.3, -0.25) is 4.79 Å². The van der Waals surface area contributed by atoms with Crippen LogP contribution in [0.1, 0.15) is 24.1 Å². The van der Waals surface area contributed by atoms with E-state index in [1.807, 2.05) is 12.1 Å². The van der Waals surface area contributed by atoms with Crippen LogP contribution >= 0.6 is 11.6 Å². The van der Waals surface area contributed by atoms with Crippen molar-refractivity contribution in [3.63, 3.8) is 0 Å². The smallest absolute Gasteiger partial charge is 0.318 e. The first-order valence-electron chi connectivity index (χ1n) is 14.2. The average molecular weight is 579 g/mol. The molecule has 2 fully saturated rings. The third kappa shape index (κ3) is 5.70. The molecule has 1 saturated carbocycles. The number of halogens is 2. The molecule has 0 bridgehead atoms. The van der Waals surface area contributed by atoms with Crippen LogP contribution in [0.4, 0.5) is 15.9 Å². The fourth-order valence-corrected chi connectivity index (χ4v) is 6.44. The Kier molecular flexibility index (Phi) is 7.50. The Morgan fingerprint density at radius 2 is 1.80 bits per heavy atom. The van der Waals surface area contributed by atoms with Crippen molar-refractivity contribution in [3.8, 4) is 6.01 Å². The van der Waals surface area contributed by atoms with Crippen molar-refractivity contribution < 1.29 is 13.9 Å². The lowest BCUT2D eigenvalue weighted by Crippen LogP contribution is -2.49. The lowest BCUT2D eigenvalue weighted by Gasteiger charge is -2.38. The molecule has 0 spiro atoms. The molecule has 3 aromatic rings. The number of carbonyl (C=O) groups excluding carboxylic acids is 1. The summed E-state index contributed by atoms with van der Waals surface area (Å²) in [5.41, 5.74) is 3.27. The highest BCUT2D eigenvalue weighted by atomic mass is 35.5. The van der Waals surface area contributed by atoms with Crippen LogP contribution in [-0.2, 0) is 17.8 Å². The molecule has 3 aliphatic rings. The van der Waals surface area contributed by atoms with E-state index in [1.165, 1.54) is 4.90 Å². The number of amides is 1. The molecular weight excluding hydrogens is 543 g/mol. The summed E-state index contributed by atoms with van der Waals surface area (Å²) in [6.45, 7) is 8.03. The van der Waals surface area contributed by atoms with Gasteiger partial charge in [-0.05, 0) is 50.9 Å². The molecule has 1 amide bonds. The number of piperazine rings is 1. The molecule has 3 heterocycles. The Hall–Kier alpha value is -3.43. The molecule has 1 saturated heterocycles. The van der Waals surface area contributed by atoms with E-state index >= 15 is 0 Å². The van der Waals surface area contributed by atoms with E-state index in [1.54, 1.807) is 0 Å². The molecule has 10 heteroatoms. The van der Waals surface area contributed by atoms with Gasteiger partial charge in [-0.15, -0.1) is 0 Å². The van der Waals surface area contributed by atoms with Crippen molar-refractivity contribution in [2.45, 2.75) is 25.8 Å². The van der Waals surface area contributed by atoms with Crippen molar-refractivity contribution in [3.05, 3.63) is 65.1 Å². The number of aromatic nitrogens is 2. The van der Waals surface area contributed by atoms with E-state index in [2.05, 4.69) is 59.6 Å². The Morgan fingerprint density at radius 1 is 1.07 bits per heavy atom. The first-order valence-corrected chi connectivity index (χ1v) is 14.6. The maximum absolute atomic E-state index is 13.5. The highest BCUT2D eigenvalue weighted by Crippen LogP contribution is 2.46. The van der Waals surface area contributed by atoms with Gasteiger partial charge in [-0.2, -0.15) is 9.97 Å². The number of hydrogen-bond acceptors (Lipinski definition) is 7. The standard InChI is InChI=1S/C31H36ClFN6O2/c1-21(33)29(40)38-16-14-37(15-17-38)28-23-10-13-39(26-9-5-7-22-6-4-8-24(32)27(22)26)18-25(23)34-30(35-28)41-20-31(11-12-31)19-36(2)3/h4-9H,1,10-20H2,2-3H3. The van der Waals surface area contributed by atoms with Crippen molar-refractivity contribution in [1.29, 1.82) is 0 Å². The summed E-state index contributed by atoms with van der Waals surface area (Å²) < 4.78 is 19.8. The van der Waals surface area contributed by atoms with Crippen LogP contribution in [0, 0.1) is 5.41 Å². The zero-order valence-electron chi connectivity index (χ0n) is 23.7. The summed E-state index contributed by atoms with van der Waals surface area (Å²) in [4.78, 5) is 30.2. The zero-order valence-corrected chi connectivity index (χ0v) is 24.5. The summed E-state index contributed by atoms with van der Waals surface area (Å²) in [6, 6.07) is 12.6. The monoisotopic (exact) mass is 578 g/mol. The maximum Gasteiger partial charge on any atom is 0.318 e. The molecule has 1 aromatic heterocycles. The molecule has 8 nitrogen and oxygen atoms in total. The minimum atomic E-state index is -0.922. The predicted octanol–water partition coefficient (Wildman–Crippen LogP) is 4.70. The van der Waals surface area contributed by atoms with Crippen LogP contribution in [0.5, 0.6) is 6.01 Å². The van der Waals surface area contributed by atoms with Crippen molar-refractivity contribution in [1.82, 2.24) is 19.8 Å². The minimum absolute atomic E-state index is 0.148. The van der Waals surface area contributed by atoms with Gasteiger partial charge < -0.3 is 24.3 Å². The average Bonchev–Trinajstić information content (AvgIpc) is 3.73. The van der Waals surface area contributed by atoms with Crippen LogP contribution in [0.2, 0.25) is 5.02 Å². The summed E-state index contributed by atoms with van der Waals surface area (Å²) in [6.07, 6.45) is 3.03. The minimum Gasteiger partial charge on any atom is -0.463 e. The largest absolute Gasteiger partial charge is 0.463 e. The SMILES string of the molecule is C=C(F)C(=O)N1CCN(c2nc(OCC3(CN(C)C)CC3)nc3c2CCN(c2cccc4cccc(Cl)c24)C3)CC1. The molecule has 41 heavy (non-hydrogen) atoms. The van der Waals surface area contributed by atoms with Gasteiger partial charge in [-0.1, -0.05) is 42.4 Å². The first-order chi connectivity index (χ1) is 19.7. The topological polar surface area (TPSA) is 65.0 Å². The van der Waals surface area contributed by atoms with E-state index in [0.717, 1.165) is 70.9 Å². The molecule has 0 atom stereocenters. The zero-order chi connectivity index (χ0) is 28.7. The van der Waals surface area contributed by atoms with Crippen LogP contribution in [0.3, 0.4) is 0 Å². The Morgan fingerprint density at radius 3 is 2.49 bits per heavy atom. The fraction of sp³-hybridized carbons (Fsp3) is 0.452. The second kappa shape index (κ2) is 11.1. The molecule has 0 N–H and O–H groups in total. The third-order valence-corrected chi connectivity index (χ3v) is 8.72. The van der Waals surface area contributed by atoms with E-state index < -0.39 is 11.7 Å². The van der Waals surface area contributed by atoms with Gasteiger partial charge in [0.05, 0.1) is 23.9 Å². The van der Waals surface area contributed by atoms with Gasteiger partial charge in [-0.25, -0.2) is 4.39 Å². The first kappa shape index (κ1) is 27.7. The number of fused-ring (bicyclic) bond motifs is 2. The van der Waals surface area contributed by atoms with Gasteiger partial charge >= 0.3 is 6.01 Å². The summed E-state index contributed by atoms with van der Waals surface area (Å²) in [7, 11) is 4.18. The number of carbonyl (C=O) groups is 1. The molecule has 0 unspecified atom stereocenters. The van der Waals surface area contributed by atoms with Crippen molar-refractivity contribution >= 4 is 39.8 Å². The van der Waals surface area contributed by atoms with Crippen molar-refractivity contribution in [2.24, 2.45) is 5.41 Å². The lowest BCUT2D eigenvalue weighted by molar-refractivity contribution is -0.128. The summed E-state index contributed by atoms with van der Waals surface area (Å²) in [5.74, 6) is -0.712. The van der Waals surface area contributed by atoms with Crippen LogP contribution in [-0.4, -0.2) is 85.6 Å². The van der Waals surface area contributed by atoms with Gasteiger partial charge in [0.25, 0.3) is 5.91 Å². The molecule has 6 rings (SSSR count). The second-order valence-electron chi connectivity index (χ2n) is 11.8. The maximum atomic E-state index is 13.5. The van der Waals surface area contributed by atoms with Gasteiger partial charge in [0.1, 0.15) is 5.82 Å². The van der Waals surface area contributed by atoms with Gasteiger partial charge in [0.15, 0.2) is 5.83 Å². The Bertz CT molecular complexity index is 1480. The molecule has 2 aliphatic heterocycles. The van der Waals surface area contributed by atoms with Crippen LogP contribution in [0.25, 0.3) is 10.8 Å². The lowest BCUT2D eigenvalue weighted by atomic mass is 10.0. The number of nitrogens with zero attached hydrogens (tertiary/aromatic N) is 6. The highest BCUT2D eigenvalue weighted by molar-refractivity contribution is 6.36. The summed E-state index contributed by atoms with van der Waals surface area (Å²) in [5, 5.41) is 2.88. The fourth-order valence-electron chi connectivity index (χ4n) is 6.17. The molecule has 2 aromatic carbocycles. The number of hydrogen-bond donors (Lipinski definition) is 0. The second-order valence-corrected chi connectivity index (χ2v) is 12.2. The van der Waals surface area contributed by atoms with Crippen molar-refractivity contribution in [2.75, 3.05) is 69.8 Å². The quantitative estimate of drug-likeness (QED) is 0.359.